The third kappa shape index (κ3) is 6.36. The fraction of sp³-hybridized carbons (Fsp3) is 1.00. The van der Waals surface area contributed by atoms with Gasteiger partial charge in [-0.25, -0.2) is 4.39 Å². The first-order chi connectivity index (χ1) is 10.6. The van der Waals surface area contributed by atoms with Crippen molar-refractivity contribution in [3.63, 3.8) is 0 Å². The molecule has 23 heavy (non-hydrogen) atoms. The molecule has 0 unspecified atom stereocenters. The van der Waals surface area contributed by atoms with Gasteiger partial charge in [-0.05, 0) is 36.5 Å². The molecule has 1 heterocycles. The lowest BCUT2D eigenvalue weighted by molar-refractivity contribution is -0.123. The first-order valence-corrected chi connectivity index (χ1v) is 9.84. The van der Waals surface area contributed by atoms with Gasteiger partial charge < -0.3 is 4.74 Å². The number of halogens is 1. The van der Waals surface area contributed by atoms with Crippen LogP contribution in [0.4, 0.5) is 4.39 Å². The largest absolute Gasteiger partial charge is 0.380 e. The average Bonchev–Trinajstić information content (AvgIpc) is 3.22. The van der Waals surface area contributed by atoms with Crippen molar-refractivity contribution >= 4 is 0 Å². The van der Waals surface area contributed by atoms with Crippen LogP contribution in [0.2, 0.25) is 0 Å². The maximum atomic E-state index is 13.4. The van der Waals surface area contributed by atoms with Crippen LogP contribution in [0.15, 0.2) is 0 Å². The van der Waals surface area contributed by atoms with Gasteiger partial charge in [0.1, 0.15) is 5.67 Å². The molecule has 0 radical (unpaired) electrons. The smallest absolute Gasteiger partial charge is 0.111 e. The van der Waals surface area contributed by atoms with E-state index in [9.17, 15) is 4.39 Å². The molecule has 1 saturated heterocycles. The highest BCUT2D eigenvalue weighted by molar-refractivity contribution is 4.98. The molecule has 0 bridgehead atoms. The van der Waals surface area contributed by atoms with E-state index >= 15 is 0 Å². The Kier molecular flexibility index (Phi) is 7.14. The molecule has 2 fully saturated rings. The van der Waals surface area contributed by atoms with Crippen LogP contribution >= 0.6 is 0 Å². The van der Waals surface area contributed by atoms with Crippen molar-refractivity contribution in [3.05, 3.63) is 0 Å². The normalized spacial score (nSPS) is 21.9. The summed E-state index contributed by atoms with van der Waals surface area (Å²) in [6, 6.07) is 0. The Bertz CT molecular complexity index is 347. The summed E-state index contributed by atoms with van der Waals surface area (Å²) >= 11 is 0. The van der Waals surface area contributed by atoms with Crippen molar-refractivity contribution < 1.29 is 9.13 Å². The van der Waals surface area contributed by atoms with E-state index in [4.69, 9.17) is 4.74 Å². The van der Waals surface area contributed by atoms with Gasteiger partial charge in [0.2, 0.25) is 0 Å². The molecule has 0 aromatic rings. The van der Waals surface area contributed by atoms with Gasteiger partial charge in [0.15, 0.2) is 0 Å². The lowest BCUT2D eigenvalue weighted by Crippen LogP contribution is -2.43. The van der Waals surface area contributed by atoms with Gasteiger partial charge in [-0.2, -0.15) is 0 Å². The van der Waals surface area contributed by atoms with Gasteiger partial charge in [0, 0.05) is 5.41 Å². The first-order valence-electron chi connectivity index (χ1n) is 9.84. The van der Waals surface area contributed by atoms with Crippen LogP contribution in [0.25, 0.3) is 0 Å². The quantitative estimate of drug-likeness (QED) is 0.468. The van der Waals surface area contributed by atoms with Gasteiger partial charge in [-0.3, -0.25) is 0 Å². The summed E-state index contributed by atoms with van der Waals surface area (Å²) in [5, 5.41) is 0. The van der Waals surface area contributed by atoms with E-state index < -0.39 is 5.67 Å². The standard InChI is InChI=1S/C11H22O.C10H19F/c1-5-10(3,6-2)7-11(4)8-12-9-11;1-4-9(3,5-2)8-10(11)6-7-10/h5-9H2,1-4H3;4-8H2,1-3H3. The van der Waals surface area contributed by atoms with Crippen LogP contribution < -0.4 is 0 Å². The molecule has 1 aliphatic heterocycles. The molecule has 0 atom stereocenters. The summed E-state index contributed by atoms with van der Waals surface area (Å²) in [6.45, 7) is 17.8. The summed E-state index contributed by atoms with van der Waals surface area (Å²) in [5.41, 5.74) is 0.519. The van der Waals surface area contributed by atoms with E-state index in [0.29, 0.717) is 10.8 Å². The first kappa shape index (κ1) is 20.9. The molecular weight excluding hydrogens is 287 g/mol. The van der Waals surface area contributed by atoms with E-state index in [-0.39, 0.29) is 5.41 Å². The van der Waals surface area contributed by atoms with Crippen molar-refractivity contribution in [3.8, 4) is 0 Å². The monoisotopic (exact) mass is 328 g/mol. The van der Waals surface area contributed by atoms with Crippen LogP contribution in [0.5, 0.6) is 0 Å². The molecule has 0 aromatic heterocycles. The van der Waals surface area contributed by atoms with Crippen LogP contribution in [-0.4, -0.2) is 18.9 Å². The minimum absolute atomic E-state index is 0.255. The molecule has 0 spiro atoms. The zero-order valence-corrected chi connectivity index (χ0v) is 16.9. The van der Waals surface area contributed by atoms with Crippen molar-refractivity contribution in [1.82, 2.24) is 0 Å². The molecule has 2 heteroatoms. The molecule has 0 amide bonds. The summed E-state index contributed by atoms with van der Waals surface area (Å²) < 4.78 is 18.6. The van der Waals surface area contributed by atoms with Gasteiger partial charge in [0.05, 0.1) is 13.2 Å². The molecular formula is C21H41FO. The van der Waals surface area contributed by atoms with Crippen LogP contribution in [0, 0.1) is 16.2 Å². The van der Waals surface area contributed by atoms with E-state index in [1.165, 1.54) is 19.3 Å². The second kappa shape index (κ2) is 7.85. The van der Waals surface area contributed by atoms with E-state index in [1.807, 2.05) is 0 Å². The summed E-state index contributed by atoms with van der Waals surface area (Å²) in [5.74, 6) is 0. The molecule has 2 rings (SSSR count). The Morgan fingerprint density at radius 1 is 0.826 bits per heavy atom. The SMILES string of the molecule is CCC(C)(CC)CC1(C)COC1.CCC(C)(CC)CC1(F)CC1. The van der Waals surface area contributed by atoms with Crippen molar-refractivity contribution in [2.24, 2.45) is 16.2 Å². The highest BCUT2D eigenvalue weighted by Gasteiger charge is 2.47. The second-order valence-corrected chi connectivity index (χ2v) is 9.34. The van der Waals surface area contributed by atoms with E-state index in [2.05, 4.69) is 48.5 Å². The Morgan fingerprint density at radius 3 is 1.48 bits per heavy atom. The molecule has 0 aromatic carbocycles. The third-order valence-corrected chi connectivity index (χ3v) is 6.70. The number of hydrogen-bond donors (Lipinski definition) is 0. The third-order valence-electron chi connectivity index (χ3n) is 6.70. The second-order valence-electron chi connectivity index (χ2n) is 9.34. The predicted molar refractivity (Wildman–Crippen MR) is 98.6 cm³/mol. The maximum absolute atomic E-state index is 13.4. The molecule has 1 aliphatic carbocycles. The fourth-order valence-electron chi connectivity index (χ4n) is 3.66. The Labute approximate surface area is 144 Å². The van der Waals surface area contributed by atoms with Gasteiger partial charge in [-0.15, -0.1) is 0 Å². The number of hydrogen-bond acceptors (Lipinski definition) is 1. The minimum atomic E-state index is -0.763. The summed E-state index contributed by atoms with van der Waals surface area (Å²) in [4.78, 5) is 0. The van der Waals surface area contributed by atoms with E-state index in [1.54, 1.807) is 0 Å². The zero-order valence-electron chi connectivity index (χ0n) is 16.9. The molecule has 1 saturated carbocycles. The highest BCUT2D eigenvalue weighted by atomic mass is 19.1. The lowest BCUT2D eigenvalue weighted by Gasteiger charge is -2.44. The van der Waals surface area contributed by atoms with E-state index in [0.717, 1.165) is 45.3 Å². The summed E-state index contributed by atoms with van der Waals surface area (Å²) in [7, 11) is 0. The number of rotatable bonds is 8. The van der Waals surface area contributed by atoms with Gasteiger partial charge in [0.25, 0.3) is 0 Å². The van der Waals surface area contributed by atoms with Crippen molar-refractivity contribution in [2.75, 3.05) is 13.2 Å². The Hall–Kier alpha value is -0.110. The lowest BCUT2D eigenvalue weighted by atomic mass is 9.69. The Morgan fingerprint density at radius 2 is 1.22 bits per heavy atom. The number of alkyl halides is 1. The molecule has 0 N–H and O–H groups in total. The molecule has 2 aliphatic rings. The molecule has 138 valence electrons. The average molecular weight is 329 g/mol. The van der Waals surface area contributed by atoms with Crippen molar-refractivity contribution in [2.45, 2.75) is 106 Å². The summed E-state index contributed by atoms with van der Waals surface area (Å²) in [6.07, 6.45) is 8.52. The van der Waals surface area contributed by atoms with Crippen molar-refractivity contribution in [1.29, 1.82) is 0 Å². The Balaban J connectivity index is 0.000000231. The zero-order chi connectivity index (χ0) is 17.8. The molecule has 1 nitrogen and oxygen atoms in total. The number of ether oxygens (including phenoxy) is 1. The highest BCUT2D eigenvalue weighted by Crippen LogP contribution is 2.50. The van der Waals surface area contributed by atoms with Crippen LogP contribution in [0.1, 0.15) is 99.8 Å². The predicted octanol–water partition coefficient (Wildman–Crippen LogP) is 6.94. The topological polar surface area (TPSA) is 9.23 Å². The minimum Gasteiger partial charge on any atom is -0.380 e. The van der Waals surface area contributed by atoms with Crippen LogP contribution in [-0.2, 0) is 4.74 Å². The van der Waals surface area contributed by atoms with Gasteiger partial charge in [-0.1, -0.05) is 74.1 Å². The van der Waals surface area contributed by atoms with Crippen LogP contribution in [0.3, 0.4) is 0 Å². The van der Waals surface area contributed by atoms with Gasteiger partial charge >= 0.3 is 0 Å². The fourth-order valence-corrected chi connectivity index (χ4v) is 3.66. The maximum Gasteiger partial charge on any atom is 0.111 e.